The molecule has 0 unspecified atom stereocenters. The van der Waals surface area contributed by atoms with Crippen LogP contribution < -0.4 is 0 Å². The van der Waals surface area contributed by atoms with Gasteiger partial charge in [-0.2, -0.15) is 0 Å². The van der Waals surface area contributed by atoms with Gasteiger partial charge in [-0.1, -0.05) is 99.2 Å². The zero-order valence-corrected chi connectivity index (χ0v) is 31.0. The number of furan rings is 1. The van der Waals surface area contributed by atoms with Crippen molar-refractivity contribution in [2.45, 2.75) is 53.9 Å². The molecule has 0 bridgehead atoms. The van der Waals surface area contributed by atoms with Crippen molar-refractivity contribution >= 4 is 33.0 Å². The number of aromatic nitrogens is 3. The van der Waals surface area contributed by atoms with Crippen molar-refractivity contribution in [3.8, 4) is 33.8 Å². The van der Waals surface area contributed by atoms with Gasteiger partial charge in [-0.05, 0) is 72.3 Å². The van der Waals surface area contributed by atoms with Crippen molar-refractivity contribution < 1.29 is 32.7 Å². The van der Waals surface area contributed by atoms with Gasteiger partial charge in [-0.15, -0.1) is 53.6 Å². The van der Waals surface area contributed by atoms with Gasteiger partial charge in [0.05, 0.1) is 23.8 Å². The first-order chi connectivity index (χ1) is 25.9. The fourth-order valence-corrected chi connectivity index (χ4v) is 6.03. The summed E-state index contributed by atoms with van der Waals surface area (Å²) in [6.45, 7) is 7.20. The van der Waals surface area contributed by atoms with Gasteiger partial charge in [0.25, 0.3) is 0 Å². The maximum Gasteiger partial charge on any atom is 0.120 e. The molecule has 5 heteroatoms. The Hall–Kier alpha value is -4.83. The van der Waals surface area contributed by atoms with Crippen molar-refractivity contribution in [1.29, 1.82) is 0 Å². The van der Waals surface area contributed by atoms with E-state index in [0.29, 0.717) is 17.0 Å². The Bertz CT molecular complexity index is 2630. The van der Waals surface area contributed by atoms with Crippen molar-refractivity contribution in [3.05, 3.63) is 145 Å². The van der Waals surface area contributed by atoms with E-state index in [4.69, 9.17) is 12.6 Å². The van der Waals surface area contributed by atoms with Crippen LogP contribution in [0.15, 0.2) is 126 Å². The Morgan fingerprint density at radius 2 is 1.66 bits per heavy atom. The molecule has 0 aliphatic carbocycles. The number of fused-ring (bicyclic) bond motifs is 4. The van der Waals surface area contributed by atoms with E-state index in [1.165, 1.54) is 6.07 Å². The van der Waals surface area contributed by atoms with Crippen LogP contribution in [0.1, 0.15) is 60.0 Å². The number of hydrogen-bond acceptors (Lipinski definition) is 3. The van der Waals surface area contributed by atoms with Crippen LogP contribution in [0.2, 0.25) is 0 Å². The Labute approximate surface area is 317 Å². The molecule has 5 aromatic carbocycles. The van der Waals surface area contributed by atoms with Crippen LogP contribution in [0.3, 0.4) is 0 Å². The minimum atomic E-state index is -2.15. The summed E-state index contributed by atoms with van der Waals surface area (Å²) in [5, 5.41) is 2.13. The van der Waals surface area contributed by atoms with Gasteiger partial charge in [0.1, 0.15) is 5.58 Å². The van der Waals surface area contributed by atoms with E-state index >= 15 is 0 Å². The van der Waals surface area contributed by atoms with Crippen molar-refractivity contribution in [2.75, 3.05) is 0 Å². The average molecular weight is 838 g/mol. The summed E-state index contributed by atoms with van der Waals surface area (Å²) >= 11 is 0. The number of imidazole rings is 1. The number of nitrogens with zero attached hydrogens (tertiary/aromatic N) is 3. The van der Waals surface area contributed by atoms with Gasteiger partial charge >= 0.3 is 0 Å². The Morgan fingerprint density at radius 1 is 0.880 bits per heavy atom. The molecule has 0 saturated carbocycles. The van der Waals surface area contributed by atoms with Crippen molar-refractivity contribution in [2.24, 2.45) is 5.41 Å². The molecular formula is C45H41IrN3O-2. The van der Waals surface area contributed by atoms with Crippen molar-refractivity contribution in [3.63, 3.8) is 0 Å². The molecule has 3 heterocycles. The molecule has 1 radical (unpaired) electrons. The second-order valence-corrected chi connectivity index (χ2v) is 13.3. The van der Waals surface area contributed by atoms with Crippen LogP contribution >= 0.6 is 0 Å². The SMILES string of the molecule is [2H]C([2H])([2H])c1c[c-]c(-c2nc3ccccc3n2C([2H])(C)C)cc1.[2H]C([2H])(c1ccc(-c2ccnc(-c3[c-]ccc4c3oc3ccccc34)c2)cc1)C(C)(C)C.[Ir]. The predicted molar refractivity (Wildman–Crippen MR) is 204 cm³/mol. The number of pyridine rings is 1. The van der Waals surface area contributed by atoms with Gasteiger partial charge in [-0.25, -0.2) is 0 Å². The molecule has 0 fully saturated rings. The Balaban J connectivity index is 0.000000197. The number of rotatable bonds is 5. The molecule has 253 valence electrons. The quantitative estimate of drug-likeness (QED) is 0.162. The molecule has 0 aliphatic heterocycles. The third-order valence-electron chi connectivity index (χ3n) is 8.15. The van der Waals surface area contributed by atoms with Crippen LogP contribution in [0.5, 0.6) is 0 Å². The molecule has 3 aromatic heterocycles. The van der Waals surface area contributed by atoms with E-state index in [2.05, 4.69) is 28.2 Å². The second kappa shape index (κ2) is 14.6. The van der Waals surface area contributed by atoms with Gasteiger partial charge in [0.2, 0.25) is 0 Å². The number of para-hydroxylation sites is 3. The number of hydrogen-bond donors (Lipinski definition) is 0. The van der Waals surface area contributed by atoms with E-state index in [0.717, 1.165) is 55.4 Å². The van der Waals surface area contributed by atoms with Gasteiger partial charge in [0, 0.05) is 44.6 Å². The predicted octanol–water partition coefficient (Wildman–Crippen LogP) is 12.1. The second-order valence-electron chi connectivity index (χ2n) is 13.3. The standard InChI is InChI=1S/C28H24NO.C17H17N2.Ir/c1-28(2,3)18-19-11-13-20(14-12-19)21-15-16-29-25(17-21)24-9-6-8-23-22-7-4-5-10-26(22)30-27(23)24;1-12(2)19-16-7-5-4-6-15(16)18-17(19)14-10-8-13(3)9-11-14;/h4-8,10-17H,18H2,1-3H3;4-10,12H,1-3H3;/q2*-1;/i18D2;3D3,12D;. The van der Waals surface area contributed by atoms with Crippen molar-refractivity contribution in [1.82, 2.24) is 14.5 Å². The van der Waals surface area contributed by atoms with Gasteiger partial charge in [0.15, 0.2) is 0 Å². The molecule has 0 saturated heterocycles. The summed E-state index contributed by atoms with van der Waals surface area (Å²) in [7, 11) is 0. The van der Waals surface area contributed by atoms with Crippen LogP contribution in [-0.2, 0) is 26.5 Å². The molecule has 8 aromatic rings. The zero-order valence-electron chi connectivity index (χ0n) is 34.6. The van der Waals surface area contributed by atoms with Crippen LogP contribution in [0.25, 0.3) is 66.7 Å². The normalized spacial score (nSPS) is 14.0. The van der Waals surface area contributed by atoms with Gasteiger partial charge < -0.3 is 14.0 Å². The monoisotopic (exact) mass is 838 g/mol. The molecule has 0 N–H and O–H groups in total. The van der Waals surface area contributed by atoms with Crippen LogP contribution in [0.4, 0.5) is 0 Å². The average Bonchev–Trinajstić information content (AvgIpc) is 3.74. The summed E-state index contributed by atoms with van der Waals surface area (Å²) in [6, 6.07) is 41.5. The summed E-state index contributed by atoms with van der Waals surface area (Å²) in [5.74, 6) is 0.614. The molecule has 0 aliphatic rings. The fraction of sp³-hybridized carbons (Fsp3) is 0.200. The molecular weight excluding hydrogens is 791 g/mol. The fourth-order valence-electron chi connectivity index (χ4n) is 6.03. The molecule has 4 nitrogen and oxygen atoms in total. The summed E-state index contributed by atoms with van der Waals surface area (Å²) in [5.41, 5.74) is 8.08. The molecule has 8 rings (SSSR count). The van der Waals surface area contributed by atoms with Crippen LogP contribution in [0, 0.1) is 24.4 Å². The first-order valence-corrected chi connectivity index (χ1v) is 16.3. The smallest absolute Gasteiger partial charge is 0.120 e. The minimum absolute atomic E-state index is 0. The Morgan fingerprint density at radius 3 is 2.40 bits per heavy atom. The molecule has 0 spiro atoms. The third-order valence-corrected chi connectivity index (χ3v) is 8.15. The summed E-state index contributed by atoms with van der Waals surface area (Å²) < 4.78 is 55.7. The summed E-state index contributed by atoms with van der Waals surface area (Å²) in [4.78, 5) is 9.21. The maximum absolute atomic E-state index is 8.51. The largest absolute Gasteiger partial charge is 0.501 e. The Kier molecular flexibility index (Phi) is 8.14. The molecule has 50 heavy (non-hydrogen) atoms. The maximum atomic E-state index is 8.51. The van der Waals surface area contributed by atoms with E-state index in [-0.39, 0.29) is 25.7 Å². The molecule has 0 amide bonds. The first kappa shape index (κ1) is 27.9. The topological polar surface area (TPSA) is 43.9 Å². The molecule has 0 atom stereocenters. The third kappa shape index (κ3) is 7.35. The van der Waals surface area contributed by atoms with E-state index in [9.17, 15) is 0 Å². The van der Waals surface area contributed by atoms with Crippen LogP contribution in [-0.4, -0.2) is 14.5 Å². The number of benzene rings is 5. The van der Waals surface area contributed by atoms with E-state index in [1.807, 2.05) is 116 Å². The summed E-state index contributed by atoms with van der Waals surface area (Å²) in [6.07, 6.45) is 0.378. The van der Waals surface area contributed by atoms with E-state index < -0.39 is 24.7 Å². The van der Waals surface area contributed by atoms with Gasteiger partial charge in [-0.3, -0.25) is 4.98 Å². The number of aryl methyl sites for hydroxylation is 1. The first-order valence-electron chi connectivity index (χ1n) is 19.3. The zero-order chi connectivity index (χ0) is 39.3. The van der Waals surface area contributed by atoms with E-state index in [1.54, 1.807) is 32.2 Å². The minimum Gasteiger partial charge on any atom is -0.501 e.